The molecular weight excluding hydrogens is 303 g/mol. The van der Waals surface area contributed by atoms with Crippen LogP contribution in [0, 0.1) is 5.82 Å². The fraction of sp³-hybridized carbons (Fsp3) is 0.571. The van der Waals surface area contributed by atoms with Gasteiger partial charge in [0, 0.05) is 5.46 Å². The number of hydrogen-bond donors (Lipinski definition) is 1. The third kappa shape index (κ3) is 3.00. The maximum Gasteiger partial charge on any atom is 0.497 e. The van der Waals surface area contributed by atoms with Gasteiger partial charge in [-0.3, -0.25) is 0 Å². The Hall–Kier alpha value is -1.12. The molecular formula is C14H17BF4O3. The summed E-state index contributed by atoms with van der Waals surface area (Å²) >= 11 is 0. The predicted molar refractivity (Wildman–Crippen MR) is 73.1 cm³/mol. The molecule has 0 aliphatic carbocycles. The molecule has 8 heteroatoms. The van der Waals surface area contributed by atoms with Crippen LogP contribution in [0.4, 0.5) is 17.6 Å². The van der Waals surface area contributed by atoms with Crippen LogP contribution >= 0.6 is 0 Å². The fourth-order valence-corrected chi connectivity index (χ4v) is 2.07. The monoisotopic (exact) mass is 320 g/mol. The van der Waals surface area contributed by atoms with Crippen molar-refractivity contribution in [3.8, 4) is 0 Å². The second-order valence-electron chi connectivity index (χ2n) is 6.31. The van der Waals surface area contributed by atoms with Crippen LogP contribution in [0.15, 0.2) is 18.2 Å². The Morgan fingerprint density at radius 2 is 1.59 bits per heavy atom. The maximum absolute atomic E-state index is 14.0. The molecule has 1 aliphatic rings. The van der Waals surface area contributed by atoms with Gasteiger partial charge in [0.25, 0.3) is 0 Å². The van der Waals surface area contributed by atoms with Crippen molar-refractivity contribution in [2.45, 2.75) is 51.2 Å². The summed E-state index contributed by atoms with van der Waals surface area (Å²) in [4.78, 5) is 0. The Balaban J connectivity index is 2.37. The quantitative estimate of drug-likeness (QED) is 0.673. The van der Waals surface area contributed by atoms with Crippen molar-refractivity contribution >= 4 is 12.6 Å². The van der Waals surface area contributed by atoms with Gasteiger partial charge in [-0.2, -0.15) is 13.2 Å². The molecule has 1 heterocycles. The van der Waals surface area contributed by atoms with E-state index in [0.717, 1.165) is 18.2 Å². The molecule has 0 saturated carbocycles. The van der Waals surface area contributed by atoms with Crippen LogP contribution in [-0.4, -0.2) is 29.6 Å². The third-order valence-corrected chi connectivity index (χ3v) is 4.15. The highest BCUT2D eigenvalue weighted by Gasteiger charge is 2.52. The lowest BCUT2D eigenvalue weighted by atomic mass is 9.77. The number of aliphatic hydroxyl groups excluding tert-OH is 1. The molecule has 1 aliphatic heterocycles. The van der Waals surface area contributed by atoms with Crippen LogP contribution in [0.5, 0.6) is 0 Å². The molecule has 1 aromatic carbocycles. The van der Waals surface area contributed by atoms with Crippen LogP contribution in [0.2, 0.25) is 0 Å². The lowest BCUT2D eigenvalue weighted by Crippen LogP contribution is -2.41. The Kier molecular flexibility index (Phi) is 4.09. The summed E-state index contributed by atoms with van der Waals surface area (Å²) in [7, 11) is -1.13. The molecule has 122 valence electrons. The van der Waals surface area contributed by atoms with E-state index in [1.807, 2.05) is 0 Å². The van der Waals surface area contributed by atoms with Gasteiger partial charge in [0.15, 0.2) is 6.10 Å². The first-order valence-corrected chi connectivity index (χ1v) is 6.75. The Bertz CT molecular complexity index is 556. The van der Waals surface area contributed by atoms with E-state index in [2.05, 4.69) is 0 Å². The van der Waals surface area contributed by atoms with E-state index in [1.165, 1.54) is 0 Å². The van der Waals surface area contributed by atoms with Crippen molar-refractivity contribution < 1.29 is 32.0 Å². The van der Waals surface area contributed by atoms with Crippen LogP contribution in [0.25, 0.3) is 0 Å². The lowest BCUT2D eigenvalue weighted by molar-refractivity contribution is -0.206. The van der Waals surface area contributed by atoms with Gasteiger partial charge in [-0.15, -0.1) is 0 Å². The predicted octanol–water partition coefficient (Wildman–Crippen LogP) is 2.72. The summed E-state index contributed by atoms with van der Waals surface area (Å²) in [6, 6.07) is 2.68. The second-order valence-corrected chi connectivity index (χ2v) is 6.31. The molecule has 22 heavy (non-hydrogen) atoms. The van der Waals surface area contributed by atoms with E-state index in [-0.39, 0.29) is 5.46 Å². The van der Waals surface area contributed by atoms with Crippen molar-refractivity contribution in [2.24, 2.45) is 0 Å². The highest BCUT2D eigenvalue weighted by Crippen LogP contribution is 2.37. The number of hydrogen-bond acceptors (Lipinski definition) is 3. The first-order chi connectivity index (χ1) is 9.85. The van der Waals surface area contributed by atoms with E-state index in [9.17, 15) is 22.7 Å². The summed E-state index contributed by atoms with van der Waals surface area (Å²) in [5, 5.41) is 9.29. The minimum atomic E-state index is -4.83. The Labute approximate surface area is 126 Å². The van der Waals surface area contributed by atoms with Crippen LogP contribution in [-0.2, 0) is 9.31 Å². The highest BCUT2D eigenvalue weighted by atomic mass is 19.4. The van der Waals surface area contributed by atoms with Crippen molar-refractivity contribution in [1.29, 1.82) is 0 Å². The van der Waals surface area contributed by atoms with Crippen molar-refractivity contribution in [3.63, 3.8) is 0 Å². The molecule has 0 aromatic heterocycles. The standard InChI is InChI=1S/C14H17BF4O3/c1-12(2)13(3,4)22-15(21-12)9-7-8(5-6-10(9)16)11(20)14(17,18)19/h5-7,11,20H,1-4H3/t11-/m0/s1. The topological polar surface area (TPSA) is 38.7 Å². The summed E-state index contributed by atoms with van der Waals surface area (Å²) in [6.45, 7) is 7.00. The normalized spacial score (nSPS) is 22.0. The minimum absolute atomic E-state index is 0.167. The molecule has 3 nitrogen and oxygen atoms in total. The van der Waals surface area contributed by atoms with Gasteiger partial charge in [0.05, 0.1) is 11.2 Å². The van der Waals surface area contributed by atoms with Gasteiger partial charge < -0.3 is 14.4 Å². The Morgan fingerprint density at radius 3 is 2.05 bits per heavy atom. The van der Waals surface area contributed by atoms with E-state index < -0.39 is 42.0 Å². The Morgan fingerprint density at radius 1 is 1.09 bits per heavy atom. The van der Waals surface area contributed by atoms with Gasteiger partial charge in [0.2, 0.25) is 0 Å². The maximum atomic E-state index is 14.0. The van der Waals surface area contributed by atoms with Crippen molar-refractivity contribution in [2.75, 3.05) is 0 Å². The van der Waals surface area contributed by atoms with Gasteiger partial charge in [-0.05, 0) is 39.3 Å². The zero-order valence-corrected chi connectivity index (χ0v) is 12.7. The summed E-state index contributed by atoms with van der Waals surface area (Å²) in [6.07, 6.45) is -7.51. The van der Waals surface area contributed by atoms with Gasteiger partial charge in [0.1, 0.15) is 5.82 Å². The van der Waals surface area contributed by atoms with Crippen LogP contribution in [0.1, 0.15) is 39.4 Å². The molecule has 2 rings (SSSR count). The molecule has 1 fully saturated rings. The highest BCUT2D eigenvalue weighted by molar-refractivity contribution is 6.62. The number of halogens is 4. The molecule has 0 unspecified atom stereocenters. The number of benzene rings is 1. The number of aliphatic hydroxyl groups is 1. The molecule has 1 aromatic rings. The summed E-state index contributed by atoms with van der Waals surface area (Å²) in [5.41, 5.74) is -2.12. The average Bonchev–Trinajstić information content (AvgIpc) is 2.57. The van der Waals surface area contributed by atoms with E-state index in [0.29, 0.717) is 0 Å². The first kappa shape index (κ1) is 17.2. The number of alkyl halides is 3. The summed E-state index contributed by atoms with van der Waals surface area (Å²) < 4.78 is 63.0. The third-order valence-electron chi connectivity index (χ3n) is 4.15. The van der Waals surface area contributed by atoms with Crippen LogP contribution in [0.3, 0.4) is 0 Å². The SMILES string of the molecule is CC1(C)OB(c2cc([C@H](O)C(F)(F)F)ccc2F)OC1(C)C. The molecule has 0 bridgehead atoms. The van der Waals surface area contributed by atoms with Crippen molar-refractivity contribution in [1.82, 2.24) is 0 Å². The van der Waals surface area contributed by atoms with E-state index >= 15 is 0 Å². The van der Waals surface area contributed by atoms with Gasteiger partial charge >= 0.3 is 13.3 Å². The number of rotatable bonds is 2. The zero-order chi connectivity index (χ0) is 16.9. The average molecular weight is 320 g/mol. The van der Waals surface area contributed by atoms with Gasteiger partial charge in [-0.1, -0.05) is 12.1 Å². The van der Waals surface area contributed by atoms with Gasteiger partial charge in [-0.25, -0.2) is 4.39 Å². The fourth-order valence-electron chi connectivity index (χ4n) is 2.07. The first-order valence-electron chi connectivity index (χ1n) is 6.75. The molecule has 1 N–H and O–H groups in total. The van der Waals surface area contributed by atoms with Crippen LogP contribution < -0.4 is 5.46 Å². The van der Waals surface area contributed by atoms with E-state index in [4.69, 9.17) is 9.31 Å². The molecule has 1 saturated heterocycles. The second kappa shape index (κ2) is 5.21. The van der Waals surface area contributed by atoms with Crippen molar-refractivity contribution in [3.05, 3.63) is 29.6 Å². The molecule has 0 spiro atoms. The molecule has 0 radical (unpaired) electrons. The molecule has 0 amide bonds. The summed E-state index contributed by atoms with van der Waals surface area (Å²) in [5.74, 6) is -0.753. The smallest absolute Gasteiger partial charge is 0.399 e. The van der Waals surface area contributed by atoms with E-state index in [1.54, 1.807) is 27.7 Å². The zero-order valence-electron chi connectivity index (χ0n) is 12.7. The lowest BCUT2D eigenvalue weighted by Gasteiger charge is -2.32. The minimum Gasteiger partial charge on any atom is -0.399 e. The largest absolute Gasteiger partial charge is 0.497 e. The molecule has 1 atom stereocenters.